The van der Waals surface area contributed by atoms with Gasteiger partial charge in [-0.2, -0.15) is 5.10 Å². The molecule has 3 rings (SSSR count). The minimum Gasteiger partial charge on any atom is -0.487 e. The number of anilines is 1. The van der Waals surface area contributed by atoms with E-state index in [4.69, 9.17) is 22.1 Å². The molecule has 0 aliphatic carbocycles. The fourth-order valence-electron chi connectivity index (χ4n) is 2.05. The Morgan fingerprint density at radius 2 is 1.95 bits per heavy atom. The second kappa shape index (κ2) is 5.89. The lowest BCUT2D eigenvalue weighted by Gasteiger charge is -2.09. The minimum atomic E-state index is 0.480. The first-order valence-corrected chi connectivity index (χ1v) is 6.87. The molecule has 0 radical (unpaired) electrons. The van der Waals surface area contributed by atoms with Gasteiger partial charge in [0.15, 0.2) is 0 Å². The van der Waals surface area contributed by atoms with Crippen LogP contribution in [-0.2, 0) is 6.61 Å². The standard InChI is InChI=1S/C16H14ClN3O/c17-14-8-12(13-9-19-20-16(13)18)6-7-15(14)21-10-11-4-2-1-3-5-11/h1-9H,10H2,(H3,18,19,20). The molecule has 0 atom stereocenters. The summed E-state index contributed by atoms with van der Waals surface area (Å²) in [6.45, 7) is 0.480. The van der Waals surface area contributed by atoms with Crippen LogP contribution in [0.2, 0.25) is 5.02 Å². The number of hydrogen-bond acceptors (Lipinski definition) is 3. The van der Waals surface area contributed by atoms with Crippen LogP contribution in [0, 0.1) is 0 Å². The molecular formula is C16H14ClN3O. The summed E-state index contributed by atoms with van der Waals surface area (Å²) >= 11 is 6.27. The van der Waals surface area contributed by atoms with Gasteiger partial charge in [0.1, 0.15) is 18.2 Å². The van der Waals surface area contributed by atoms with E-state index in [0.717, 1.165) is 16.7 Å². The molecule has 106 valence electrons. The molecule has 0 fully saturated rings. The van der Waals surface area contributed by atoms with Crippen LogP contribution in [0.25, 0.3) is 11.1 Å². The number of nitrogens with zero attached hydrogens (tertiary/aromatic N) is 1. The molecule has 1 heterocycles. The quantitative estimate of drug-likeness (QED) is 0.768. The molecule has 0 bridgehead atoms. The number of H-pyrrole nitrogens is 1. The van der Waals surface area contributed by atoms with Crippen molar-refractivity contribution in [1.29, 1.82) is 0 Å². The maximum Gasteiger partial charge on any atom is 0.138 e. The Labute approximate surface area is 127 Å². The summed E-state index contributed by atoms with van der Waals surface area (Å²) in [6, 6.07) is 15.5. The molecule has 3 aromatic rings. The van der Waals surface area contributed by atoms with Crippen molar-refractivity contribution >= 4 is 17.4 Å². The molecule has 0 aliphatic rings. The van der Waals surface area contributed by atoms with Gasteiger partial charge in [0.2, 0.25) is 0 Å². The number of nitrogens with two attached hydrogens (primary N) is 1. The van der Waals surface area contributed by atoms with Crippen LogP contribution in [0.5, 0.6) is 5.75 Å². The molecule has 4 nitrogen and oxygen atoms in total. The van der Waals surface area contributed by atoms with Gasteiger partial charge >= 0.3 is 0 Å². The van der Waals surface area contributed by atoms with Gasteiger partial charge in [0.05, 0.1) is 11.2 Å². The Morgan fingerprint density at radius 3 is 2.62 bits per heavy atom. The fourth-order valence-corrected chi connectivity index (χ4v) is 2.28. The predicted octanol–water partition coefficient (Wildman–Crippen LogP) is 3.89. The Bertz CT molecular complexity index is 740. The van der Waals surface area contributed by atoms with Gasteiger partial charge in [-0.1, -0.05) is 48.0 Å². The highest BCUT2D eigenvalue weighted by Gasteiger charge is 2.08. The second-order valence-corrected chi connectivity index (χ2v) is 5.02. The molecule has 3 N–H and O–H groups in total. The van der Waals surface area contributed by atoms with E-state index in [1.165, 1.54) is 0 Å². The van der Waals surface area contributed by atoms with Gasteiger partial charge in [-0.15, -0.1) is 0 Å². The largest absolute Gasteiger partial charge is 0.487 e. The topological polar surface area (TPSA) is 63.9 Å². The second-order valence-electron chi connectivity index (χ2n) is 4.62. The smallest absolute Gasteiger partial charge is 0.138 e. The maximum atomic E-state index is 6.27. The van der Waals surface area contributed by atoms with Crippen LogP contribution in [0.1, 0.15) is 5.56 Å². The van der Waals surface area contributed by atoms with Crippen LogP contribution >= 0.6 is 11.6 Å². The number of aromatic nitrogens is 2. The summed E-state index contributed by atoms with van der Waals surface area (Å²) < 4.78 is 5.74. The van der Waals surface area contributed by atoms with Crippen LogP contribution in [-0.4, -0.2) is 10.2 Å². The van der Waals surface area contributed by atoms with E-state index in [1.54, 1.807) is 6.20 Å². The lowest BCUT2D eigenvalue weighted by molar-refractivity contribution is 0.306. The third-order valence-corrected chi connectivity index (χ3v) is 3.44. The highest BCUT2D eigenvalue weighted by Crippen LogP contribution is 2.32. The van der Waals surface area contributed by atoms with Crippen molar-refractivity contribution in [2.75, 3.05) is 5.73 Å². The van der Waals surface area contributed by atoms with Crippen molar-refractivity contribution in [1.82, 2.24) is 10.2 Å². The van der Waals surface area contributed by atoms with E-state index in [9.17, 15) is 0 Å². The van der Waals surface area contributed by atoms with Crippen LogP contribution in [0.3, 0.4) is 0 Å². The molecule has 2 aromatic carbocycles. The average Bonchev–Trinajstić information content (AvgIpc) is 2.93. The Balaban J connectivity index is 1.77. The molecule has 0 spiro atoms. The minimum absolute atomic E-state index is 0.480. The normalized spacial score (nSPS) is 10.5. The van der Waals surface area contributed by atoms with Crippen LogP contribution < -0.4 is 10.5 Å². The van der Waals surface area contributed by atoms with Crippen LogP contribution in [0.4, 0.5) is 5.82 Å². The molecule has 1 aromatic heterocycles. The molecular weight excluding hydrogens is 286 g/mol. The van der Waals surface area contributed by atoms with Crippen molar-refractivity contribution < 1.29 is 4.74 Å². The number of nitrogen functional groups attached to an aromatic ring is 1. The average molecular weight is 300 g/mol. The van der Waals surface area contributed by atoms with Crippen molar-refractivity contribution in [3.8, 4) is 16.9 Å². The van der Waals surface area contributed by atoms with Crippen molar-refractivity contribution in [2.45, 2.75) is 6.61 Å². The zero-order valence-corrected chi connectivity index (χ0v) is 12.0. The fraction of sp³-hybridized carbons (Fsp3) is 0.0625. The third-order valence-electron chi connectivity index (χ3n) is 3.15. The summed E-state index contributed by atoms with van der Waals surface area (Å²) in [6.07, 6.45) is 1.67. The summed E-state index contributed by atoms with van der Waals surface area (Å²) in [5.41, 5.74) is 8.62. The first-order chi connectivity index (χ1) is 10.2. The molecule has 5 heteroatoms. The lowest BCUT2D eigenvalue weighted by Crippen LogP contribution is -1.96. The SMILES string of the molecule is Nc1[nH]ncc1-c1ccc(OCc2ccccc2)c(Cl)c1. The number of benzene rings is 2. The van der Waals surface area contributed by atoms with Crippen LogP contribution in [0.15, 0.2) is 54.7 Å². The molecule has 0 amide bonds. The number of nitrogens with one attached hydrogen (secondary N) is 1. The number of halogens is 1. The highest BCUT2D eigenvalue weighted by molar-refractivity contribution is 6.32. The zero-order chi connectivity index (χ0) is 14.7. The van der Waals surface area contributed by atoms with Gasteiger partial charge in [-0.25, -0.2) is 0 Å². The zero-order valence-electron chi connectivity index (χ0n) is 11.2. The van der Waals surface area contributed by atoms with E-state index in [-0.39, 0.29) is 0 Å². The molecule has 0 unspecified atom stereocenters. The molecule has 0 saturated heterocycles. The van der Waals surface area contributed by atoms with Gasteiger partial charge in [-0.05, 0) is 23.3 Å². The Kier molecular flexibility index (Phi) is 3.79. The summed E-state index contributed by atoms with van der Waals surface area (Å²) in [5.74, 6) is 1.16. The first-order valence-electron chi connectivity index (χ1n) is 6.49. The van der Waals surface area contributed by atoms with Crippen molar-refractivity contribution in [3.05, 3.63) is 65.3 Å². The molecule has 21 heavy (non-hydrogen) atoms. The van der Waals surface area contributed by atoms with E-state index in [2.05, 4.69) is 10.2 Å². The van der Waals surface area contributed by atoms with E-state index >= 15 is 0 Å². The Hall–Kier alpha value is -2.46. The maximum absolute atomic E-state index is 6.27. The van der Waals surface area contributed by atoms with E-state index < -0.39 is 0 Å². The predicted molar refractivity (Wildman–Crippen MR) is 84.2 cm³/mol. The van der Waals surface area contributed by atoms with Gasteiger partial charge in [0, 0.05) is 5.56 Å². The number of hydrogen-bond donors (Lipinski definition) is 2. The summed E-state index contributed by atoms with van der Waals surface area (Å²) in [7, 11) is 0. The number of ether oxygens (including phenoxy) is 1. The number of aromatic amines is 1. The monoisotopic (exact) mass is 299 g/mol. The summed E-state index contributed by atoms with van der Waals surface area (Å²) in [4.78, 5) is 0. The van der Waals surface area contributed by atoms with Crippen molar-refractivity contribution in [3.63, 3.8) is 0 Å². The highest BCUT2D eigenvalue weighted by atomic mass is 35.5. The molecule has 0 saturated carbocycles. The van der Waals surface area contributed by atoms with Gasteiger partial charge in [0.25, 0.3) is 0 Å². The lowest BCUT2D eigenvalue weighted by atomic mass is 10.1. The van der Waals surface area contributed by atoms with Crippen molar-refractivity contribution in [2.24, 2.45) is 0 Å². The summed E-state index contributed by atoms with van der Waals surface area (Å²) in [5, 5.41) is 7.15. The number of rotatable bonds is 4. The van der Waals surface area contributed by atoms with Gasteiger partial charge < -0.3 is 10.5 Å². The van der Waals surface area contributed by atoms with E-state index in [0.29, 0.717) is 23.2 Å². The molecule has 0 aliphatic heterocycles. The van der Waals surface area contributed by atoms with Gasteiger partial charge in [-0.3, -0.25) is 5.10 Å². The first kappa shape index (κ1) is 13.5. The van der Waals surface area contributed by atoms with E-state index in [1.807, 2.05) is 48.5 Å². The Morgan fingerprint density at radius 1 is 1.14 bits per heavy atom. The third kappa shape index (κ3) is 3.01.